The van der Waals surface area contributed by atoms with Gasteiger partial charge in [0.15, 0.2) is 5.75 Å². The van der Waals surface area contributed by atoms with E-state index in [1.807, 2.05) is 24.3 Å². The Morgan fingerprint density at radius 2 is 1.93 bits per heavy atom. The highest BCUT2D eigenvalue weighted by Crippen LogP contribution is 2.38. The van der Waals surface area contributed by atoms with E-state index in [9.17, 15) is 4.79 Å². The topological polar surface area (TPSA) is 91.2 Å². The van der Waals surface area contributed by atoms with Gasteiger partial charge in [-0.15, -0.1) is 0 Å². The quantitative estimate of drug-likeness (QED) is 0.363. The Bertz CT molecular complexity index is 1230. The van der Waals surface area contributed by atoms with Crippen LogP contribution < -0.4 is 16.1 Å². The van der Waals surface area contributed by atoms with Crippen molar-refractivity contribution in [3.8, 4) is 11.8 Å². The molecule has 0 aliphatic heterocycles. The molecule has 1 unspecified atom stereocenters. The zero-order valence-electron chi connectivity index (χ0n) is 15.6. The molecule has 0 bridgehead atoms. The zero-order valence-corrected chi connectivity index (χ0v) is 16.4. The van der Waals surface area contributed by atoms with Crippen LogP contribution in [0, 0.1) is 0 Å². The maximum atomic E-state index is 12.3. The van der Waals surface area contributed by atoms with Gasteiger partial charge in [-0.3, -0.25) is 0 Å². The number of hydrogen-bond acceptors (Lipinski definition) is 6. The van der Waals surface area contributed by atoms with Crippen molar-refractivity contribution in [3.05, 3.63) is 87.5 Å². The summed E-state index contributed by atoms with van der Waals surface area (Å²) in [5.41, 5.74) is 8.41. The molecule has 0 aliphatic carbocycles. The maximum absolute atomic E-state index is 12.3. The van der Waals surface area contributed by atoms with Gasteiger partial charge in [-0.2, -0.15) is 0 Å². The maximum Gasteiger partial charge on any atom is 0.336 e. The summed E-state index contributed by atoms with van der Waals surface area (Å²) in [5, 5.41) is 1.10. The predicted molar refractivity (Wildman–Crippen MR) is 113 cm³/mol. The highest BCUT2D eigenvalue weighted by atomic mass is 35.5. The van der Waals surface area contributed by atoms with E-state index in [4.69, 9.17) is 26.5 Å². The summed E-state index contributed by atoms with van der Waals surface area (Å²) in [4.78, 5) is 20.3. The summed E-state index contributed by atoms with van der Waals surface area (Å²) in [7, 11) is 0. The molecule has 0 spiro atoms. The second kappa shape index (κ2) is 7.93. The van der Waals surface area contributed by atoms with E-state index in [2.05, 4.69) is 16.9 Å². The molecule has 0 aliphatic rings. The number of aromatic nitrogens is 2. The van der Waals surface area contributed by atoms with Crippen molar-refractivity contribution in [3.63, 3.8) is 0 Å². The first-order valence-corrected chi connectivity index (χ1v) is 9.50. The second-order valence-corrected chi connectivity index (χ2v) is 6.97. The van der Waals surface area contributed by atoms with Crippen molar-refractivity contribution >= 4 is 28.3 Å². The number of nitrogens with two attached hydrogens (primary N) is 1. The first-order chi connectivity index (χ1) is 14.0. The monoisotopic (exact) mass is 407 g/mol. The molecular formula is C22H18ClN3O3. The molecule has 0 amide bonds. The van der Waals surface area contributed by atoms with Gasteiger partial charge in [0, 0.05) is 41.5 Å². The molecule has 29 heavy (non-hydrogen) atoms. The first-order valence-electron chi connectivity index (χ1n) is 9.12. The van der Waals surface area contributed by atoms with Crippen molar-refractivity contribution in [1.29, 1.82) is 0 Å². The van der Waals surface area contributed by atoms with Crippen LogP contribution in [0.5, 0.6) is 11.8 Å². The third kappa shape index (κ3) is 3.93. The van der Waals surface area contributed by atoms with E-state index in [0.717, 1.165) is 22.9 Å². The van der Waals surface area contributed by atoms with Gasteiger partial charge >= 0.3 is 11.6 Å². The summed E-state index contributed by atoms with van der Waals surface area (Å²) in [6, 6.07) is 14.3. The molecule has 2 aromatic heterocycles. The fraction of sp³-hybridized carbons (Fsp3) is 0.136. The molecule has 7 heteroatoms. The average molecular weight is 408 g/mol. The highest BCUT2D eigenvalue weighted by Gasteiger charge is 2.19. The number of ether oxygens (including phenoxy) is 1. The van der Waals surface area contributed by atoms with Gasteiger partial charge in [0.25, 0.3) is 0 Å². The minimum atomic E-state index is -0.445. The third-order valence-corrected chi connectivity index (χ3v) is 4.96. The molecule has 6 nitrogen and oxygen atoms in total. The Morgan fingerprint density at radius 3 is 2.66 bits per heavy atom. The summed E-state index contributed by atoms with van der Waals surface area (Å²) in [5.74, 6) is 0.271. The van der Waals surface area contributed by atoms with Crippen LogP contribution in [0.15, 0.2) is 70.1 Å². The number of nitrogens with zero attached hydrogens (tertiary/aromatic N) is 2. The largest absolute Gasteiger partial charge is 0.423 e. The Labute approximate surface area is 171 Å². The molecule has 2 aromatic carbocycles. The number of halogens is 1. The van der Waals surface area contributed by atoms with Crippen LogP contribution in [0.2, 0.25) is 5.02 Å². The number of rotatable bonds is 5. The van der Waals surface area contributed by atoms with E-state index in [-0.39, 0.29) is 11.9 Å². The van der Waals surface area contributed by atoms with Crippen LogP contribution in [0.4, 0.5) is 5.69 Å². The Hall–Kier alpha value is -3.38. The molecule has 4 aromatic rings. The molecule has 2 heterocycles. The Balaban J connectivity index is 1.85. The van der Waals surface area contributed by atoms with Gasteiger partial charge in [-0.25, -0.2) is 14.8 Å². The SMILES string of the molecule is CCC(c1cccc(N)c1)c1cc(=O)oc2cc(Oc3ncccn3)c(Cl)cc12. The minimum Gasteiger partial charge on any atom is -0.423 e. The van der Waals surface area contributed by atoms with Crippen molar-refractivity contribution < 1.29 is 9.15 Å². The third-order valence-electron chi connectivity index (χ3n) is 4.67. The molecule has 2 N–H and O–H groups in total. The number of anilines is 1. The highest BCUT2D eigenvalue weighted by molar-refractivity contribution is 6.32. The van der Waals surface area contributed by atoms with Crippen LogP contribution in [0.25, 0.3) is 11.0 Å². The molecular weight excluding hydrogens is 390 g/mol. The van der Waals surface area contributed by atoms with Gasteiger partial charge in [0.1, 0.15) is 5.58 Å². The molecule has 0 saturated carbocycles. The van der Waals surface area contributed by atoms with E-state index in [0.29, 0.717) is 22.0 Å². The van der Waals surface area contributed by atoms with Gasteiger partial charge in [0.2, 0.25) is 0 Å². The van der Waals surface area contributed by atoms with Crippen molar-refractivity contribution in [2.45, 2.75) is 19.3 Å². The molecule has 0 fully saturated rings. The summed E-state index contributed by atoms with van der Waals surface area (Å²) in [6.45, 7) is 2.06. The Morgan fingerprint density at radius 1 is 1.14 bits per heavy atom. The van der Waals surface area contributed by atoms with Gasteiger partial charge < -0.3 is 14.9 Å². The smallest absolute Gasteiger partial charge is 0.336 e. The second-order valence-electron chi connectivity index (χ2n) is 6.56. The minimum absolute atomic E-state index is 0.0367. The lowest BCUT2D eigenvalue weighted by Gasteiger charge is -2.18. The lowest BCUT2D eigenvalue weighted by atomic mass is 9.87. The standard InChI is InChI=1S/C22H18ClN3O3/c1-2-15(13-5-3-6-14(24)9-13)16-11-21(27)28-19-12-20(18(23)10-17(16)19)29-22-25-7-4-8-26-22/h3-12,15H,2,24H2,1H3. The van der Waals surface area contributed by atoms with E-state index < -0.39 is 5.63 Å². The zero-order chi connectivity index (χ0) is 20.4. The predicted octanol–water partition coefficient (Wildman–Crippen LogP) is 5.15. The molecule has 146 valence electrons. The van der Waals surface area contributed by atoms with Crippen molar-refractivity contribution in [1.82, 2.24) is 9.97 Å². The van der Waals surface area contributed by atoms with Crippen molar-refractivity contribution in [2.24, 2.45) is 0 Å². The number of hydrogen-bond donors (Lipinski definition) is 1. The fourth-order valence-electron chi connectivity index (χ4n) is 3.40. The van der Waals surface area contributed by atoms with E-state index in [1.165, 1.54) is 6.07 Å². The van der Waals surface area contributed by atoms with Gasteiger partial charge in [-0.1, -0.05) is 30.7 Å². The van der Waals surface area contributed by atoms with Gasteiger partial charge in [0.05, 0.1) is 5.02 Å². The fourth-order valence-corrected chi connectivity index (χ4v) is 3.60. The molecule has 0 radical (unpaired) electrons. The van der Waals surface area contributed by atoms with Crippen molar-refractivity contribution in [2.75, 3.05) is 5.73 Å². The first kappa shape index (κ1) is 19.0. The normalized spacial score (nSPS) is 12.1. The van der Waals surface area contributed by atoms with Crippen LogP contribution in [0.1, 0.15) is 30.4 Å². The molecule has 0 saturated heterocycles. The van der Waals surface area contributed by atoms with Crippen LogP contribution >= 0.6 is 11.6 Å². The van der Waals surface area contributed by atoms with Crippen LogP contribution in [-0.4, -0.2) is 9.97 Å². The van der Waals surface area contributed by atoms with Gasteiger partial charge in [-0.05, 0) is 41.8 Å². The van der Waals surface area contributed by atoms with Crippen LogP contribution in [-0.2, 0) is 0 Å². The number of benzene rings is 2. The molecule has 4 rings (SSSR count). The lowest BCUT2D eigenvalue weighted by Crippen LogP contribution is -2.07. The Kier molecular flexibility index (Phi) is 5.18. The summed E-state index contributed by atoms with van der Waals surface area (Å²) in [6.07, 6.45) is 3.90. The number of nitrogen functional groups attached to an aromatic ring is 1. The summed E-state index contributed by atoms with van der Waals surface area (Å²) >= 11 is 6.46. The average Bonchev–Trinajstić information content (AvgIpc) is 2.70. The van der Waals surface area contributed by atoms with Crippen LogP contribution in [0.3, 0.4) is 0 Å². The molecule has 1 atom stereocenters. The lowest BCUT2D eigenvalue weighted by molar-refractivity contribution is 0.441. The van der Waals surface area contributed by atoms with E-state index in [1.54, 1.807) is 30.6 Å². The number of fused-ring (bicyclic) bond motifs is 1. The van der Waals surface area contributed by atoms with E-state index >= 15 is 0 Å². The summed E-state index contributed by atoms with van der Waals surface area (Å²) < 4.78 is 11.1.